The second-order valence-corrected chi connectivity index (χ2v) is 4.27. The topological polar surface area (TPSA) is 63.2 Å². The number of ether oxygens (including phenoxy) is 1. The minimum Gasteiger partial charge on any atom is -0.450 e. The number of rotatable bonds is 4. The number of aryl methyl sites for hydroxylation is 1. The normalized spacial score (nSPS) is 9.90. The molecule has 0 aliphatic rings. The largest absolute Gasteiger partial charge is 0.450 e. The maximum atomic E-state index is 11.2. The summed E-state index contributed by atoms with van der Waals surface area (Å²) in [5, 5.41) is 5.79. The van der Waals surface area contributed by atoms with Crippen LogP contribution in [0.25, 0.3) is 0 Å². The Hall–Kier alpha value is -2.56. The van der Waals surface area contributed by atoms with E-state index in [1.165, 1.54) is 5.56 Å². The van der Waals surface area contributed by atoms with E-state index in [2.05, 4.69) is 15.6 Å². The van der Waals surface area contributed by atoms with Crippen molar-refractivity contribution in [3.05, 3.63) is 48.2 Å². The molecule has 5 nitrogen and oxygen atoms in total. The number of amides is 1. The van der Waals surface area contributed by atoms with Gasteiger partial charge in [0.25, 0.3) is 0 Å². The third-order valence-electron chi connectivity index (χ3n) is 2.58. The van der Waals surface area contributed by atoms with Gasteiger partial charge in [0.05, 0.1) is 18.5 Å². The first-order chi connectivity index (χ1) is 9.67. The van der Waals surface area contributed by atoms with E-state index in [0.717, 1.165) is 11.4 Å². The zero-order valence-electron chi connectivity index (χ0n) is 11.5. The van der Waals surface area contributed by atoms with Gasteiger partial charge in [0, 0.05) is 5.69 Å². The molecule has 20 heavy (non-hydrogen) atoms. The third kappa shape index (κ3) is 3.98. The highest BCUT2D eigenvalue weighted by Gasteiger charge is 2.03. The summed E-state index contributed by atoms with van der Waals surface area (Å²) in [5.41, 5.74) is 3.03. The molecule has 0 atom stereocenters. The van der Waals surface area contributed by atoms with Crippen molar-refractivity contribution in [2.75, 3.05) is 17.2 Å². The lowest BCUT2D eigenvalue weighted by Crippen LogP contribution is -2.14. The van der Waals surface area contributed by atoms with Gasteiger partial charge in [0.1, 0.15) is 5.82 Å². The van der Waals surface area contributed by atoms with E-state index in [1.54, 1.807) is 19.2 Å². The molecule has 0 fully saturated rings. The minimum absolute atomic E-state index is 0.332. The first-order valence-electron chi connectivity index (χ1n) is 6.41. The van der Waals surface area contributed by atoms with Crippen LogP contribution in [0.2, 0.25) is 0 Å². The van der Waals surface area contributed by atoms with Gasteiger partial charge in [-0.1, -0.05) is 12.1 Å². The molecule has 0 bridgehead atoms. The van der Waals surface area contributed by atoms with Crippen LogP contribution in [0.3, 0.4) is 0 Å². The molecule has 2 N–H and O–H groups in total. The molecule has 0 saturated heterocycles. The predicted molar refractivity (Wildman–Crippen MR) is 79.3 cm³/mol. The fourth-order valence-corrected chi connectivity index (χ4v) is 1.70. The molecule has 1 aromatic heterocycles. The molecule has 1 heterocycles. The highest BCUT2D eigenvalue weighted by Crippen LogP contribution is 2.17. The van der Waals surface area contributed by atoms with Gasteiger partial charge in [-0.2, -0.15) is 0 Å². The molecule has 0 saturated carbocycles. The van der Waals surface area contributed by atoms with Crippen LogP contribution in [0.1, 0.15) is 12.5 Å². The third-order valence-corrected chi connectivity index (χ3v) is 2.58. The number of carbonyl (C=O) groups is 1. The minimum atomic E-state index is -0.501. The van der Waals surface area contributed by atoms with Gasteiger partial charge in [0.2, 0.25) is 0 Å². The van der Waals surface area contributed by atoms with Crippen molar-refractivity contribution in [2.45, 2.75) is 13.8 Å². The van der Waals surface area contributed by atoms with Crippen molar-refractivity contribution in [3.8, 4) is 0 Å². The summed E-state index contributed by atoms with van der Waals surface area (Å²) in [4.78, 5) is 15.4. The van der Waals surface area contributed by atoms with Gasteiger partial charge in [-0.25, -0.2) is 9.78 Å². The summed E-state index contributed by atoms with van der Waals surface area (Å²) >= 11 is 0. The summed E-state index contributed by atoms with van der Waals surface area (Å²) < 4.78 is 4.78. The van der Waals surface area contributed by atoms with Gasteiger partial charge in [-0.05, 0) is 43.7 Å². The molecule has 2 aromatic rings. The Bertz CT molecular complexity index is 582. The highest BCUT2D eigenvalue weighted by atomic mass is 16.5. The highest BCUT2D eigenvalue weighted by molar-refractivity contribution is 5.83. The fourth-order valence-electron chi connectivity index (χ4n) is 1.70. The second kappa shape index (κ2) is 6.56. The summed E-state index contributed by atoms with van der Waals surface area (Å²) in [6.45, 7) is 4.12. The van der Waals surface area contributed by atoms with E-state index in [1.807, 2.05) is 37.3 Å². The van der Waals surface area contributed by atoms with Crippen molar-refractivity contribution in [1.82, 2.24) is 4.98 Å². The number of nitrogens with zero attached hydrogens (tertiary/aromatic N) is 1. The lowest BCUT2D eigenvalue weighted by Gasteiger charge is -2.08. The number of nitrogens with one attached hydrogen (secondary N) is 2. The molecule has 0 aliphatic carbocycles. The van der Waals surface area contributed by atoms with Crippen molar-refractivity contribution in [3.63, 3.8) is 0 Å². The van der Waals surface area contributed by atoms with E-state index in [9.17, 15) is 4.79 Å². The van der Waals surface area contributed by atoms with Crippen molar-refractivity contribution in [1.29, 1.82) is 0 Å². The summed E-state index contributed by atoms with van der Waals surface area (Å²) in [6, 6.07) is 11.6. The molecule has 2 rings (SSSR count). The Kier molecular flexibility index (Phi) is 4.55. The van der Waals surface area contributed by atoms with Crippen LogP contribution < -0.4 is 10.6 Å². The lowest BCUT2D eigenvalue weighted by atomic mass is 10.2. The Morgan fingerprint density at radius 3 is 2.75 bits per heavy atom. The zero-order valence-corrected chi connectivity index (χ0v) is 11.5. The van der Waals surface area contributed by atoms with E-state index in [-0.39, 0.29) is 0 Å². The number of aromatic nitrogens is 1. The van der Waals surface area contributed by atoms with E-state index < -0.39 is 6.09 Å². The van der Waals surface area contributed by atoms with Crippen molar-refractivity contribution >= 4 is 23.3 Å². The number of hydrogen-bond acceptors (Lipinski definition) is 4. The van der Waals surface area contributed by atoms with Gasteiger partial charge >= 0.3 is 6.09 Å². The molecule has 1 aromatic carbocycles. The van der Waals surface area contributed by atoms with Crippen molar-refractivity contribution < 1.29 is 9.53 Å². The average molecular weight is 271 g/mol. The van der Waals surface area contributed by atoms with Gasteiger partial charge in [0.15, 0.2) is 0 Å². The smallest absolute Gasteiger partial charge is 0.412 e. The molecule has 0 radical (unpaired) electrons. The van der Waals surface area contributed by atoms with E-state index in [0.29, 0.717) is 12.4 Å². The molecule has 1 amide bonds. The fraction of sp³-hybridized carbons (Fsp3) is 0.200. The van der Waals surface area contributed by atoms with E-state index in [4.69, 9.17) is 4.74 Å². The first kappa shape index (κ1) is 13.9. The van der Waals surface area contributed by atoms with Crippen LogP contribution in [0, 0.1) is 6.92 Å². The van der Waals surface area contributed by atoms with Crippen LogP contribution in [0.4, 0.5) is 22.0 Å². The Morgan fingerprint density at radius 2 is 2.10 bits per heavy atom. The van der Waals surface area contributed by atoms with Crippen molar-refractivity contribution in [2.24, 2.45) is 0 Å². The number of benzene rings is 1. The molecule has 104 valence electrons. The van der Waals surface area contributed by atoms with Crippen LogP contribution >= 0.6 is 0 Å². The maximum absolute atomic E-state index is 11.2. The predicted octanol–water partition coefficient (Wildman–Crippen LogP) is 3.70. The summed E-state index contributed by atoms with van der Waals surface area (Å²) in [7, 11) is 0. The van der Waals surface area contributed by atoms with Crippen LogP contribution in [-0.4, -0.2) is 17.7 Å². The van der Waals surface area contributed by atoms with Gasteiger partial charge < -0.3 is 10.1 Å². The number of pyridine rings is 1. The Morgan fingerprint density at radius 1 is 1.25 bits per heavy atom. The van der Waals surface area contributed by atoms with E-state index >= 15 is 0 Å². The summed E-state index contributed by atoms with van der Waals surface area (Å²) in [5.74, 6) is 0.457. The zero-order chi connectivity index (χ0) is 14.4. The number of hydrogen-bond donors (Lipinski definition) is 2. The van der Waals surface area contributed by atoms with Crippen LogP contribution in [0.15, 0.2) is 42.6 Å². The Balaban J connectivity index is 1.99. The number of anilines is 3. The molecule has 5 heteroatoms. The number of carbonyl (C=O) groups excluding carboxylic acids is 1. The molecule has 0 aliphatic heterocycles. The quantitative estimate of drug-likeness (QED) is 0.890. The first-order valence-corrected chi connectivity index (χ1v) is 6.41. The molecular weight excluding hydrogens is 254 g/mol. The van der Waals surface area contributed by atoms with Crippen LogP contribution in [-0.2, 0) is 4.74 Å². The monoisotopic (exact) mass is 271 g/mol. The van der Waals surface area contributed by atoms with Gasteiger partial charge in [-0.3, -0.25) is 5.32 Å². The molecule has 0 spiro atoms. The second-order valence-electron chi connectivity index (χ2n) is 4.27. The Labute approximate surface area is 118 Å². The summed E-state index contributed by atoms with van der Waals surface area (Å²) in [6.07, 6.45) is 1.16. The van der Waals surface area contributed by atoms with Gasteiger partial charge in [-0.15, -0.1) is 0 Å². The standard InChI is InChI=1S/C15H17N3O2/c1-3-20-15(19)18-14-8-7-13(10-16-14)17-12-6-4-5-11(2)9-12/h4-10,17H,3H2,1-2H3,(H,16,18,19). The van der Waals surface area contributed by atoms with Crippen LogP contribution in [0.5, 0.6) is 0 Å². The molecular formula is C15H17N3O2. The lowest BCUT2D eigenvalue weighted by molar-refractivity contribution is 0.168. The molecule has 0 unspecified atom stereocenters. The average Bonchev–Trinajstić information content (AvgIpc) is 2.41. The SMILES string of the molecule is CCOC(=O)Nc1ccc(Nc2cccc(C)c2)cn1. The maximum Gasteiger partial charge on any atom is 0.412 e.